The summed E-state index contributed by atoms with van der Waals surface area (Å²) in [5, 5.41) is 0. The fourth-order valence-electron chi connectivity index (χ4n) is 3.67. The molecule has 0 saturated carbocycles. The second-order valence-corrected chi connectivity index (χ2v) is 7.28. The number of halogens is 1. The number of nitrogens with one attached hydrogen (secondary N) is 1. The van der Waals surface area contributed by atoms with Crippen molar-refractivity contribution < 1.29 is 9.13 Å². The van der Waals surface area contributed by atoms with Crippen LogP contribution in [0.1, 0.15) is 25.3 Å². The van der Waals surface area contributed by atoms with Gasteiger partial charge in [0.2, 0.25) is 0 Å². The van der Waals surface area contributed by atoms with Crippen molar-refractivity contribution in [2.24, 2.45) is 0 Å². The van der Waals surface area contributed by atoms with Gasteiger partial charge in [0.15, 0.2) is 11.2 Å². The highest BCUT2D eigenvalue weighted by Gasteiger charge is 2.20. The number of imidazole rings is 1. The molecule has 0 radical (unpaired) electrons. The maximum atomic E-state index is 13.5. The summed E-state index contributed by atoms with van der Waals surface area (Å²) in [7, 11) is 1.58. The van der Waals surface area contributed by atoms with Crippen molar-refractivity contribution in [3.05, 3.63) is 80.7 Å². The molecule has 31 heavy (non-hydrogen) atoms. The number of fused-ring (bicyclic) bond motifs is 1. The van der Waals surface area contributed by atoms with Gasteiger partial charge in [0.05, 0.1) is 13.7 Å². The van der Waals surface area contributed by atoms with E-state index < -0.39 is 11.2 Å². The van der Waals surface area contributed by atoms with Crippen molar-refractivity contribution >= 4 is 11.2 Å². The summed E-state index contributed by atoms with van der Waals surface area (Å²) in [6.45, 7) is 2.76. The molecule has 2 aromatic carbocycles. The van der Waals surface area contributed by atoms with Gasteiger partial charge < -0.3 is 9.30 Å². The molecule has 0 unspecified atom stereocenters. The molecule has 8 heteroatoms. The number of rotatable bonds is 7. The SMILES string of the molecule is CCCCn1c(=O)[nH]c(=O)c2c1nc(-c1ccc(F)cc1)n2Cc1ccccc1OC. The van der Waals surface area contributed by atoms with Gasteiger partial charge in [0.25, 0.3) is 5.56 Å². The molecule has 0 saturated heterocycles. The Hall–Kier alpha value is -3.68. The van der Waals surface area contributed by atoms with Crippen LogP contribution in [0.2, 0.25) is 0 Å². The lowest BCUT2D eigenvalue weighted by atomic mass is 10.1. The Kier molecular flexibility index (Phi) is 5.70. The van der Waals surface area contributed by atoms with Gasteiger partial charge in [0.1, 0.15) is 17.4 Å². The number of hydrogen-bond donors (Lipinski definition) is 1. The molecule has 4 rings (SSSR count). The van der Waals surface area contributed by atoms with Crippen LogP contribution in [0.25, 0.3) is 22.6 Å². The van der Waals surface area contributed by atoms with E-state index in [0.29, 0.717) is 41.4 Å². The van der Waals surface area contributed by atoms with Crippen molar-refractivity contribution in [3.8, 4) is 17.1 Å². The zero-order chi connectivity index (χ0) is 22.0. The Morgan fingerprint density at radius 1 is 1.06 bits per heavy atom. The molecule has 0 atom stereocenters. The van der Waals surface area contributed by atoms with Crippen LogP contribution < -0.4 is 16.0 Å². The van der Waals surface area contributed by atoms with Crippen LogP contribution in [0.3, 0.4) is 0 Å². The van der Waals surface area contributed by atoms with Crippen LogP contribution in [0.5, 0.6) is 5.75 Å². The minimum Gasteiger partial charge on any atom is -0.496 e. The molecule has 2 aromatic heterocycles. The highest BCUT2D eigenvalue weighted by atomic mass is 19.1. The Morgan fingerprint density at radius 3 is 2.52 bits per heavy atom. The standard InChI is InChI=1S/C23H23FN4O3/c1-3-4-13-27-21-19(22(29)26-23(27)30)28(14-16-7-5-6-8-18(16)31-2)20(25-21)15-9-11-17(24)12-10-15/h5-12H,3-4,13-14H2,1-2H3,(H,26,29,30). The summed E-state index contributed by atoms with van der Waals surface area (Å²) in [6, 6.07) is 13.4. The van der Waals surface area contributed by atoms with Gasteiger partial charge in [-0.25, -0.2) is 14.2 Å². The zero-order valence-electron chi connectivity index (χ0n) is 17.4. The zero-order valence-corrected chi connectivity index (χ0v) is 17.4. The third kappa shape index (κ3) is 3.88. The van der Waals surface area contributed by atoms with Crippen LogP contribution in [0.15, 0.2) is 58.1 Å². The molecule has 160 valence electrons. The van der Waals surface area contributed by atoms with Gasteiger partial charge in [-0.15, -0.1) is 0 Å². The van der Waals surface area contributed by atoms with Crippen molar-refractivity contribution in [2.45, 2.75) is 32.9 Å². The number of ether oxygens (including phenoxy) is 1. The Balaban J connectivity index is 2.01. The topological polar surface area (TPSA) is 81.9 Å². The lowest BCUT2D eigenvalue weighted by molar-refractivity contribution is 0.408. The Morgan fingerprint density at radius 2 is 1.81 bits per heavy atom. The van der Waals surface area contributed by atoms with Crippen molar-refractivity contribution in [3.63, 3.8) is 0 Å². The van der Waals surface area contributed by atoms with E-state index in [2.05, 4.69) is 9.97 Å². The molecule has 4 aromatic rings. The van der Waals surface area contributed by atoms with Crippen molar-refractivity contribution in [2.75, 3.05) is 7.11 Å². The molecule has 0 bridgehead atoms. The minimum atomic E-state index is -0.511. The highest BCUT2D eigenvalue weighted by molar-refractivity contribution is 5.77. The number of nitrogens with zero attached hydrogens (tertiary/aromatic N) is 3. The molecule has 0 aliphatic carbocycles. The largest absolute Gasteiger partial charge is 0.496 e. The first-order valence-electron chi connectivity index (χ1n) is 10.1. The van der Waals surface area contributed by atoms with E-state index in [4.69, 9.17) is 4.74 Å². The fourth-order valence-corrected chi connectivity index (χ4v) is 3.67. The van der Waals surface area contributed by atoms with E-state index in [0.717, 1.165) is 18.4 Å². The minimum absolute atomic E-state index is 0.293. The molecule has 1 N–H and O–H groups in total. The number of methoxy groups -OCH3 is 1. The lowest BCUT2D eigenvalue weighted by Gasteiger charge is -2.12. The summed E-state index contributed by atoms with van der Waals surface area (Å²) >= 11 is 0. The van der Waals surface area contributed by atoms with Gasteiger partial charge in [-0.1, -0.05) is 31.5 Å². The predicted octanol–water partition coefficient (Wildman–Crippen LogP) is 3.55. The second-order valence-electron chi connectivity index (χ2n) is 7.28. The number of aryl methyl sites for hydroxylation is 1. The molecule has 0 spiro atoms. The normalized spacial score (nSPS) is 11.2. The Bertz CT molecular complexity index is 1340. The van der Waals surface area contributed by atoms with Crippen LogP contribution in [-0.4, -0.2) is 26.2 Å². The average molecular weight is 422 g/mol. The van der Waals surface area contributed by atoms with Crippen LogP contribution >= 0.6 is 0 Å². The fraction of sp³-hybridized carbons (Fsp3) is 0.261. The molecule has 0 amide bonds. The summed E-state index contributed by atoms with van der Waals surface area (Å²) < 4.78 is 22.2. The number of benzene rings is 2. The van der Waals surface area contributed by atoms with Crippen LogP contribution in [-0.2, 0) is 13.1 Å². The maximum absolute atomic E-state index is 13.5. The summed E-state index contributed by atoms with van der Waals surface area (Å²) in [6.07, 6.45) is 1.66. The summed E-state index contributed by atoms with van der Waals surface area (Å²) in [4.78, 5) is 32.5. The first-order valence-corrected chi connectivity index (χ1v) is 10.1. The lowest BCUT2D eigenvalue weighted by Crippen LogP contribution is -2.31. The van der Waals surface area contributed by atoms with Gasteiger partial charge in [-0.2, -0.15) is 0 Å². The third-order valence-corrected chi connectivity index (χ3v) is 5.24. The summed E-state index contributed by atoms with van der Waals surface area (Å²) in [5.41, 5.74) is 1.10. The quantitative estimate of drug-likeness (QED) is 0.494. The molecule has 0 aliphatic rings. The molecule has 2 heterocycles. The van der Waals surface area contributed by atoms with Gasteiger partial charge in [0, 0.05) is 17.7 Å². The number of aromatic amines is 1. The smallest absolute Gasteiger partial charge is 0.330 e. The van der Waals surface area contributed by atoms with E-state index in [1.807, 2.05) is 31.2 Å². The number of hydrogen-bond acceptors (Lipinski definition) is 4. The molecule has 0 fully saturated rings. The molecule has 0 aliphatic heterocycles. The number of H-pyrrole nitrogens is 1. The van der Waals surface area contributed by atoms with Gasteiger partial charge >= 0.3 is 5.69 Å². The molecular weight excluding hydrogens is 399 g/mol. The monoisotopic (exact) mass is 422 g/mol. The average Bonchev–Trinajstić information content (AvgIpc) is 3.14. The molecular formula is C23H23FN4O3. The number of para-hydroxylation sites is 1. The third-order valence-electron chi connectivity index (χ3n) is 5.24. The van der Waals surface area contributed by atoms with Crippen LogP contribution in [0, 0.1) is 5.82 Å². The van der Waals surface area contributed by atoms with E-state index in [1.165, 1.54) is 16.7 Å². The summed E-state index contributed by atoms with van der Waals surface area (Å²) in [5.74, 6) is 0.779. The first-order chi connectivity index (χ1) is 15.0. The Labute approximate surface area is 177 Å². The van der Waals surface area contributed by atoms with E-state index in [-0.39, 0.29) is 5.82 Å². The van der Waals surface area contributed by atoms with Crippen molar-refractivity contribution in [1.29, 1.82) is 0 Å². The maximum Gasteiger partial charge on any atom is 0.330 e. The van der Waals surface area contributed by atoms with Gasteiger partial charge in [-0.3, -0.25) is 14.3 Å². The highest BCUT2D eigenvalue weighted by Crippen LogP contribution is 2.27. The molecule has 7 nitrogen and oxygen atoms in total. The first kappa shape index (κ1) is 20.6. The van der Waals surface area contributed by atoms with E-state index >= 15 is 0 Å². The van der Waals surface area contributed by atoms with Crippen LogP contribution in [0.4, 0.5) is 4.39 Å². The van der Waals surface area contributed by atoms with E-state index in [1.54, 1.807) is 23.8 Å². The van der Waals surface area contributed by atoms with Crippen molar-refractivity contribution in [1.82, 2.24) is 19.1 Å². The second kappa shape index (κ2) is 8.59. The number of unbranched alkanes of at least 4 members (excludes halogenated alkanes) is 1. The van der Waals surface area contributed by atoms with E-state index in [9.17, 15) is 14.0 Å². The predicted molar refractivity (Wildman–Crippen MR) is 117 cm³/mol. The van der Waals surface area contributed by atoms with Gasteiger partial charge in [-0.05, 0) is 36.8 Å². The number of aromatic nitrogens is 4.